The number of nitrogens with one attached hydrogen (secondary N) is 1. The maximum absolute atomic E-state index is 6.44. The topological polar surface area (TPSA) is 34.2 Å². The van der Waals surface area contributed by atoms with Crippen molar-refractivity contribution >= 4 is 11.5 Å². The minimum atomic E-state index is -0.103. The molecule has 1 aliphatic heterocycles. The van der Waals surface area contributed by atoms with E-state index in [0.29, 0.717) is 0 Å². The lowest BCUT2D eigenvalue weighted by Crippen LogP contribution is -2.39. The summed E-state index contributed by atoms with van der Waals surface area (Å²) >= 11 is 0. The zero-order chi connectivity index (χ0) is 19.0. The number of aromatic amines is 1. The number of fused-ring (bicyclic) bond motifs is 1. The van der Waals surface area contributed by atoms with Crippen LogP contribution in [0.3, 0.4) is 0 Å². The number of hydrogen-bond donors (Lipinski definition) is 1. The summed E-state index contributed by atoms with van der Waals surface area (Å²) in [7, 11) is 0. The van der Waals surface area contributed by atoms with Crippen LogP contribution in [-0.4, -0.2) is 17.2 Å². The Balaban J connectivity index is 2.29. The van der Waals surface area contributed by atoms with Gasteiger partial charge in [0.05, 0.1) is 11.5 Å². The fraction of sp³-hybridized carbons (Fsp3) is 0.478. The summed E-state index contributed by atoms with van der Waals surface area (Å²) in [6.07, 6.45) is 2.12. The van der Waals surface area contributed by atoms with E-state index in [1.54, 1.807) is 0 Å². The lowest BCUT2D eigenvalue weighted by atomic mass is 9.97. The SMILES string of the molecule is CCC(CC)OC1=c2cc(C)[nH]c2=C(c2c(C)cc(C)cc2C)OC1C. The fourth-order valence-corrected chi connectivity index (χ4v) is 3.99. The number of rotatable bonds is 5. The number of aryl methyl sites for hydroxylation is 4. The molecule has 26 heavy (non-hydrogen) atoms. The Morgan fingerprint density at radius 2 is 1.65 bits per heavy atom. The molecule has 1 aliphatic rings. The molecule has 0 amide bonds. The summed E-state index contributed by atoms with van der Waals surface area (Å²) in [6.45, 7) is 15.0. The smallest absolute Gasteiger partial charge is 0.153 e. The minimum Gasteiger partial charge on any atom is -0.490 e. The average Bonchev–Trinajstić information content (AvgIpc) is 2.95. The molecular formula is C23H31NO2. The lowest BCUT2D eigenvalue weighted by Gasteiger charge is -2.28. The Bertz CT molecular complexity index is 909. The summed E-state index contributed by atoms with van der Waals surface area (Å²) in [5.41, 5.74) is 6.07. The van der Waals surface area contributed by atoms with Gasteiger partial charge in [-0.2, -0.15) is 0 Å². The van der Waals surface area contributed by atoms with Gasteiger partial charge in [0.15, 0.2) is 11.9 Å². The number of hydrogen-bond acceptors (Lipinski definition) is 2. The van der Waals surface area contributed by atoms with Gasteiger partial charge in [-0.05, 0) is 64.7 Å². The summed E-state index contributed by atoms with van der Waals surface area (Å²) in [5, 5.41) is 2.18. The Kier molecular flexibility index (Phi) is 5.17. The second kappa shape index (κ2) is 7.22. The minimum absolute atomic E-state index is 0.103. The molecule has 2 aromatic rings. The van der Waals surface area contributed by atoms with Crippen LogP contribution in [0.15, 0.2) is 18.2 Å². The molecule has 0 radical (unpaired) electrons. The first kappa shape index (κ1) is 18.6. The van der Waals surface area contributed by atoms with E-state index in [4.69, 9.17) is 9.47 Å². The summed E-state index contributed by atoms with van der Waals surface area (Å²) in [6, 6.07) is 6.63. The predicted octanol–water partition coefficient (Wildman–Crippen LogP) is 4.14. The number of benzene rings is 1. The Hall–Kier alpha value is -2.16. The average molecular weight is 354 g/mol. The van der Waals surface area contributed by atoms with E-state index in [1.807, 2.05) is 0 Å². The van der Waals surface area contributed by atoms with Crippen molar-refractivity contribution in [3.63, 3.8) is 0 Å². The van der Waals surface area contributed by atoms with E-state index in [9.17, 15) is 0 Å². The maximum Gasteiger partial charge on any atom is 0.153 e. The molecule has 0 saturated carbocycles. The monoisotopic (exact) mass is 353 g/mol. The Morgan fingerprint density at radius 1 is 1.04 bits per heavy atom. The van der Waals surface area contributed by atoms with Crippen LogP contribution < -0.4 is 10.6 Å². The van der Waals surface area contributed by atoms with Crippen LogP contribution in [0.5, 0.6) is 0 Å². The van der Waals surface area contributed by atoms with Gasteiger partial charge in [0.2, 0.25) is 0 Å². The summed E-state index contributed by atoms with van der Waals surface area (Å²) < 4.78 is 12.8. The van der Waals surface area contributed by atoms with Gasteiger partial charge in [0, 0.05) is 16.5 Å². The van der Waals surface area contributed by atoms with Crippen molar-refractivity contribution in [1.29, 1.82) is 0 Å². The Morgan fingerprint density at radius 3 is 2.23 bits per heavy atom. The van der Waals surface area contributed by atoms with Crippen molar-refractivity contribution in [2.45, 2.75) is 73.5 Å². The number of aromatic nitrogens is 1. The maximum atomic E-state index is 6.44. The molecule has 3 heteroatoms. The number of ether oxygens (including phenoxy) is 2. The van der Waals surface area contributed by atoms with Crippen molar-refractivity contribution in [3.8, 4) is 0 Å². The van der Waals surface area contributed by atoms with Crippen molar-refractivity contribution in [3.05, 3.63) is 56.7 Å². The largest absolute Gasteiger partial charge is 0.490 e. The first-order chi connectivity index (χ1) is 12.3. The molecule has 1 aromatic carbocycles. The van der Waals surface area contributed by atoms with Crippen LogP contribution in [0.2, 0.25) is 0 Å². The van der Waals surface area contributed by atoms with Gasteiger partial charge in [-0.3, -0.25) is 0 Å². The highest BCUT2D eigenvalue weighted by Gasteiger charge is 2.26. The normalized spacial score (nSPS) is 16.7. The second-order valence-corrected chi connectivity index (χ2v) is 7.52. The van der Waals surface area contributed by atoms with Gasteiger partial charge in [-0.15, -0.1) is 0 Å². The third-order valence-corrected chi connectivity index (χ3v) is 5.22. The molecule has 140 valence electrons. The van der Waals surface area contributed by atoms with Crippen LogP contribution in [0.25, 0.3) is 11.5 Å². The molecule has 0 bridgehead atoms. The molecule has 1 aromatic heterocycles. The van der Waals surface area contributed by atoms with E-state index in [0.717, 1.165) is 40.6 Å². The fourth-order valence-electron chi connectivity index (χ4n) is 3.99. The molecule has 1 atom stereocenters. The highest BCUT2D eigenvalue weighted by atomic mass is 16.5. The quantitative estimate of drug-likeness (QED) is 0.877. The molecule has 1 unspecified atom stereocenters. The molecule has 1 N–H and O–H groups in total. The van der Waals surface area contributed by atoms with E-state index in [-0.39, 0.29) is 12.2 Å². The lowest BCUT2D eigenvalue weighted by molar-refractivity contribution is 0.102. The highest BCUT2D eigenvalue weighted by Crippen LogP contribution is 2.28. The molecule has 0 saturated heterocycles. The molecule has 3 nitrogen and oxygen atoms in total. The van der Waals surface area contributed by atoms with Gasteiger partial charge in [-0.1, -0.05) is 31.5 Å². The van der Waals surface area contributed by atoms with E-state index >= 15 is 0 Å². The first-order valence-corrected chi connectivity index (χ1v) is 9.71. The van der Waals surface area contributed by atoms with Crippen molar-refractivity contribution in [2.24, 2.45) is 0 Å². The van der Waals surface area contributed by atoms with E-state index < -0.39 is 0 Å². The van der Waals surface area contributed by atoms with Crippen molar-refractivity contribution < 1.29 is 9.47 Å². The predicted molar refractivity (Wildman–Crippen MR) is 107 cm³/mol. The van der Waals surface area contributed by atoms with Crippen molar-refractivity contribution in [1.82, 2.24) is 4.98 Å². The van der Waals surface area contributed by atoms with E-state index in [1.165, 1.54) is 22.3 Å². The van der Waals surface area contributed by atoms with Crippen molar-refractivity contribution in [2.75, 3.05) is 0 Å². The van der Waals surface area contributed by atoms with Gasteiger partial charge in [0.25, 0.3) is 0 Å². The van der Waals surface area contributed by atoms with Gasteiger partial charge in [0.1, 0.15) is 5.76 Å². The molecule has 0 fully saturated rings. The third-order valence-electron chi connectivity index (χ3n) is 5.22. The van der Waals surface area contributed by atoms with E-state index in [2.05, 4.69) is 71.6 Å². The standard InChI is InChI=1S/C23H31NO2/c1-8-18(9-2)26-22-17(7)25-23(21-19(22)12-16(6)24-21)20-14(4)10-13(3)11-15(20)5/h10-12,17-18,24H,8-9H2,1-7H3. The summed E-state index contributed by atoms with van der Waals surface area (Å²) in [4.78, 5) is 3.51. The molecular weight excluding hydrogens is 322 g/mol. The van der Waals surface area contributed by atoms with Crippen LogP contribution in [0.1, 0.15) is 61.6 Å². The first-order valence-electron chi connectivity index (χ1n) is 9.71. The molecule has 3 rings (SSSR count). The van der Waals surface area contributed by atoms with Crippen LogP contribution in [0.4, 0.5) is 0 Å². The molecule has 0 aliphatic carbocycles. The van der Waals surface area contributed by atoms with Gasteiger partial charge < -0.3 is 14.5 Å². The third kappa shape index (κ3) is 3.27. The number of H-pyrrole nitrogens is 1. The highest BCUT2D eigenvalue weighted by molar-refractivity contribution is 5.69. The summed E-state index contributed by atoms with van der Waals surface area (Å²) in [5.74, 6) is 1.89. The second-order valence-electron chi connectivity index (χ2n) is 7.52. The van der Waals surface area contributed by atoms with Crippen LogP contribution in [-0.2, 0) is 9.47 Å². The molecule has 2 heterocycles. The zero-order valence-electron chi connectivity index (χ0n) is 17.1. The molecule has 0 spiro atoms. The van der Waals surface area contributed by atoms with Gasteiger partial charge >= 0.3 is 0 Å². The Labute approximate surface area is 156 Å². The zero-order valence-corrected chi connectivity index (χ0v) is 17.1. The van der Waals surface area contributed by atoms with Crippen LogP contribution in [0, 0.1) is 27.7 Å². The van der Waals surface area contributed by atoms with Gasteiger partial charge in [-0.25, -0.2) is 0 Å². The van der Waals surface area contributed by atoms with Crippen LogP contribution >= 0.6 is 0 Å².